The van der Waals surface area contributed by atoms with Gasteiger partial charge in [-0.25, -0.2) is 9.59 Å². The van der Waals surface area contributed by atoms with E-state index in [1.165, 1.54) is 19.1 Å². The lowest BCUT2D eigenvalue weighted by molar-refractivity contribution is -0.140. The van der Waals surface area contributed by atoms with E-state index < -0.39 is 23.5 Å². The smallest absolute Gasteiger partial charge is 0.337 e. The van der Waals surface area contributed by atoms with E-state index in [0.717, 1.165) is 0 Å². The lowest BCUT2D eigenvalue weighted by Gasteiger charge is -2.22. The molecular weight excluding hydrogens is 354 g/mol. The molecule has 1 fully saturated rings. The molecule has 1 aliphatic heterocycles. The second-order valence-corrected chi connectivity index (χ2v) is 6.41. The Hall–Kier alpha value is -2.87. The highest BCUT2D eigenvalue weighted by Gasteiger charge is 2.62. The van der Waals surface area contributed by atoms with Crippen LogP contribution in [0.15, 0.2) is 35.4 Å². The van der Waals surface area contributed by atoms with Gasteiger partial charge in [-0.1, -0.05) is 0 Å². The number of methoxy groups -OCH3 is 3. The molecule has 144 valence electrons. The minimum atomic E-state index is -0.947. The molecule has 0 saturated carbocycles. The highest BCUT2D eigenvalue weighted by molar-refractivity contribution is 6.10. The minimum absolute atomic E-state index is 0.00668. The molecule has 0 aromatic heterocycles. The fraction of sp³-hybridized carbons (Fsp3) is 0.421. The van der Waals surface area contributed by atoms with Gasteiger partial charge in [0.15, 0.2) is 0 Å². The number of rotatable bonds is 5. The van der Waals surface area contributed by atoms with Crippen LogP contribution in [0.4, 0.5) is 5.69 Å². The third-order valence-corrected chi connectivity index (χ3v) is 4.98. The molecule has 2 atom stereocenters. The van der Waals surface area contributed by atoms with Crippen molar-refractivity contribution >= 4 is 23.5 Å². The van der Waals surface area contributed by atoms with Gasteiger partial charge in [0.2, 0.25) is 5.91 Å². The molecule has 3 rings (SSSR count). The molecule has 0 radical (unpaired) electrons. The average molecular weight is 375 g/mol. The molecule has 1 heterocycles. The minimum Gasteiger partial charge on any atom is -0.497 e. The van der Waals surface area contributed by atoms with Gasteiger partial charge < -0.3 is 23.8 Å². The van der Waals surface area contributed by atoms with Crippen LogP contribution in [0.2, 0.25) is 0 Å². The molecule has 0 N–H and O–H groups in total. The number of hydrogen-bond donors (Lipinski definition) is 0. The van der Waals surface area contributed by atoms with Gasteiger partial charge in [-0.2, -0.15) is 0 Å². The van der Waals surface area contributed by atoms with Gasteiger partial charge in [-0.3, -0.25) is 4.79 Å². The maximum absolute atomic E-state index is 13.1. The predicted molar refractivity (Wildman–Crippen MR) is 94.3 cm³/mol. The maximum Gasteiger partial charge on any atom is 0.337 e. The molecule has 1 aromatic carbocycles. The fourth-order valence-electron chi connectivity index (χ4n) is 3.43. The van der Waals surface area contributed by atoms with Crippen molar-refractivity contribution in [2.24, 2.45) is 5.92 Å². The van der Waals surface area contributed by atoms with E-state index in [4.69, 9.17) is 18.9 Å². The lowest BCUT2D eigenvalue weighted by Crippen LogP contribution is -2.35. The monoisotopic (exact) mass is 375 g/mol. The van der Waals surface area contributed by atoms with E-state index in [-0.39, 0.29) is 30.1 Å². The summed E-state index contributed by atoms with van der Waals surface area (Å²) in [5.74, 6) is -1.95. The van der Waals surface area contributed by atoms with Crippen LogP contribution in [0.25, 0.3) is 0 Å². The Morgan fingerprint density at radius 2 is 1.67 bits per heavy atom. The van der Waals surface area contributed by atoms with Gasteiger partial charge in [-0.15, -0.1) is 0 Å². The second kappa shape index (κ2) is 7.03. The van der Waals surface area contributed by atoms with Gasteiger partial charge in [0.05, 0.1) is 45.0 Å². The topological polar surface area (TPSA) is 94.7 Å². The van der Waals surface area contributed by atoms with Crippen molar-refractivity contribution in [3.8, 4) is 5.75 Å². The van der Waals surface area contributed by atoms with Crippen LogP contribution < -0.4 is 9.64 Å². The summed E-state index contributed by atoms with van der Waals surface area (Å²) < 4.78 is 20.2. The Labute approximate surface area is 156 Å². The number of benzene rings is 1. The molecule has 0 unspecified atom stereocenters. The number of hydrogen-bond acceptors (Lipinski definition) is 7. The van der Waals surface area contributed by atoms with E-state index >= 15 is 0 Å². The Kier molecular flexibility index (Phi) is 4.93. The number of nitrogens with zero attached hydrogens (tertiary/aromatic N) is 1. The summed E-state index contributed by atoms with van der Waals surface area (Å²) in [6, 6.07) is 6.93. The highest BCUT2D eigenvalue weighted by atomic mass is 16.6. The van der Waals surface area contributed by atoms with Crippen molar-refractivity contribution in [2.75, 3.05) is 39.9 Å². The number of anilines is 1. The molecule has 1 saturated heterocycles. The van der Waals surface area contributed by atoms with Crippen LogP contribution in [0, 0.1) is 5.92 Å². The summed E-state index contributed by atoms with van der Waals surface area (Å²) in [5, 5.41) is 0. The van der Waals surface area contributed by atoms with Crippen molar-refractivity contribution in [1.29, 1.82) is 0 Å². The molecule has 1 amide bonds. The molecule has 8 heteroatoms. The van der Waals surface area contributed by atoms with Crippen LogP contribution in [-0.2, 0) is 28.6 Å². The first-order valence-corrected chi connectivity index (χ1v) is 8.35. The maximum atomic E-state index is 13.1. The molecule has 2 aliphatic rings. The number of carbonyl (C=O) groups excluding carboxylic acids is 3. The molecule has 8 nitrogen and oxygen atoms in total. The quantitative estimate of drug-likeness (QED) is 0.562. The van der Waals surface area contributed by atoms with Crippen molar-refractivity contribution in [1.82, 2.24) is 0 Å². The van der Waals surface area contributed by atoms with Crippen LogP contribution in [0.1, 0.15) is 6.42 Å². The Morgan fingerprint density at radius 1 is 1.07 bits per heavy atom. The number of carbonyl (C=O) groups is 3. The Morgan fingerprint density at radius 3 is 2.15 bits per heavy atom. The molecular formula is C19H21NO7. The van der Waals surface area contributed by atoms with Gasteiger partial charge in [0.25, 0.3) is 0 Å². The van der Waals surface area contributed by atoms with Crippen molar-refractivity contribution < 1.29 is 33.3 Å². The van der Waals surface area contributed by atoms with Crippen LogP contribution in [0.5, 0.6) is 5.75 Å². The molecule has 1 aliphatic carbocycles. The highest BCUT2D eigenvalue weighted by Crippen LogP contribution is 2.51. The van der Waals surface area contributed by atoms with Crippen LogP contribution in [0.3, 0.4) is 0 Å². The van der Waals surface area contributed by atoms with Crippen LogP contribution in [-0.4, -0.2) is 58.4 Å². The second-order valence-electron chi connectivity index (χ2n) is 6.41. The SMILES string of the molecule is COC(=O)C1=C(C(=O)OC)[C@@]2(CO2)C[C@H]1C(=O)N(C)c1ccc(OC)cc1. The first-order valence-electron chi connectivity index (χ1n) is 8.35. The van der Waals surface area contributed by atoms with E-state index in [1.807, 2.05) is 0 Å². The van der Waals surface area contributed by atoms with Gasteiger partial charge in [0, 0.05) is 12.7 Å². The van der Waals surface area contributed by atoms with Crippen molar-refractivity contribution in [3.63, 3.8) is 0 Å². The zero-order valence-corrected chi connectivity index (χ0v) is 15.6. The lowest BCUT2D eigenvalue weighted by atomic mass is 9.97. The van der Waals surface area contributed by atoms with Crippen molar-refractivity contribution in [2.45, 2.75) is 12.0 Å². The zero-order valence-electron chi connectivity index (χ0n) is 15.6. The number of ether oxygens (including phenoxy) is 4. The third-order valence-electron chi connectivity index (χ3n) is 4.98. The van der Waals surface area contributed by atoms with E-state index in [9.17, 15) is 14.4 Å². The number of epoxide rings is 1. The first-order chi connectivity index (χ1) is 12.9. The number of esters is 2. The summed E-state index contributed by atoms with van der Waals surface area (Å²) >= 11 is 0. The predicted octanol–water partition coefficient (Wildman–Crippen LogP) is 1.09. The Balaban J connectivity index is 1.96. The first kappa shape index (κ1) is 18.9. The average Bonchev–Trinajstić information content (AvgIpc) is 3.39. The molecule has 0 bridgehead atoms. The standard InChI is InChI=1S/C19H21NO7/c1-20(11-5-7-12(24-2)8-6-11)16(21)13-9-19(10-27-19)15(18(23)26-4)14(13)17(22)25-3/h5-8,13H,9-10H2,1-4H3/t13-,19+/m1/s1. The summed E-state index contributed by atoms with van der Waals surface area (Å²) in [6.45, 7) is 0.258. The third kappa shape index (κ3) is 3.16. The zero-order chi connectivity index (χ0) is 19.8. The fourth-order valence-corrected chi connectivity index (χ4v) is 3.43. The Bertz CT molecular complexity index is 808. The van der Waals surface area contributed by atoms with Crippen LogP contribution >= 0.6 is 0 Å². The number of amides is 1. The molecule has 27 heavy (non-hydrogen) atoms. The van der Waals surface area contributed by atoms with Gasteiger partial charge >= 0.3 is 11.9 Å². The normalized spacial score (nSPS) is 23.2. The largest absolute Gasteiger partial charge is 0.497 e. The summed E-state index contributed by atoms with van der Waals surface area (Å²) in [4.78, 5) is 39.2. The van der Waals surface area contributed by atoms with E-state index in [0.29, 0.717) is 11.4 Å². The van der Waals surface area contributed by atoms with Gasteiger partial charge in [-0.05, 0) is 30.7 Å². The summed E-state index contributed by atoms with van der Waals surface area (Å²) in [6.07, 6.45) is 0.196. The summed E-state index contributed by atoms with van der Waals surface area (Å²) in [7, 11) is 5.59. The molecule has 1 spiro atoms. The van der Waals surface area contributed by atoms with E-state index in [1.54, 1.807) is 38.4 Å². The van der Waals surface area contributed by atoms with Gasteiger partial charge in [0.1, 0.15) is 11.4 Å². The van der Waals surface area contributed by atoms with E-state index in [2.05, 4.69) is 0 Å². The molecule has 1 aromatic rings. The summed E-state index contributed by atoms with van der Waals surface area (Å²) in [5.41, 5.74) is -0.231. The van der Waals surface area contributed by atoms with Crippen molar-refractivity contribution in [3.05, 3.63) is 35.4 Å².